The first kappa shape index (κ1) is 12.2. The minimum Gasteiger partial charge on any atom is -0.318 e. The summed E-state index contributed by atoms with van der Waals surface area (Å²) in [4.78, 5) is 20.4. The molecule has 1 aliphatic rings. The molecule has 1 saturated heterocycles. The van der Waals surface area contributed by atoms with Crippen LogP contribution in [0.25, 0.3) is 0 Å². The van der Waals surface area contributed by atoms with Crippen LogP contribution in [0.3, 0.4) is 0 Å². The minimum atomic E-state index is 0.0539. The maximum Gasteiger partial charge on any atom is 0.326 e. The van der Waals surface area contributed by atoms with Gasteiger partial charge in [-0.15, -0.1) is 11.3 Å². The van der Waals surface area contributed by atoms with E-state index in [1.54, 1.807) is 4.90 Å². The number of amides is 2. The van der Waals surface area contributed by atoms with Gasteiger partial charge in [0.25, 0.3) is 0 Å². The summed E-state index contributed by atoms with van der Waals surface area (Å²) in [6.07, 6.45) is 0. The van der Waals surface area contributed by atoms with Crippen LogP contribution < -0.4 is 4.90 Å². The number of urea groups is 1. The molecule has 1 fully saturated rings. The summed E-state index contributed by atoms with van der Waals surface area (Å²) in [7, 11) is 0. The minimum absolute atomic E-state index is 0.0539. The van der Waals surface area contributed by atoms with Crippen molar-refractivity contribution in [2.45, 2.75) is 13.5 Å². The molecular formula is C14H15N3OS. The second kappa shape index (κ2) is 5.01. The number of nitrogens with zero attached hydrogens (tertiary/aromatic N) is 3. The number of carbonyl (C=O) groups is 1. The zero-order chi connectivity index (χ0) is 13.2. The Morgan fingerprint density at radius 3 is 2.74 bits per heavy atom. The Hall–Kier alpha value is -1.88. The lowest BCUT2D eigenvalue weighted by Crippen LogP contribution is -2.31. The smallest absolute Gasteiger partial charge is 0.318 e. The number of hydrogen-bond donors (Lipinski definition) is 0. The molecule has 1 aromatic heterocycles. The quantitative estimate of drug-likeness (QED) is 0.862. The van der Waals surface area contributed by atoms with Crippen LogP contribution in [0, 0.1) is 6.92 Å². The lowest BCUT2D eigenvalue weighted by Gasteiger charge is -2.16. The van der Waals surface area contributed by atoms with Crippen LogP contribution in [-0.2, 0) is 6.54 Å². The summed E-state index contributed by atoms with van der Waals surface area (Å²) in [5.41, 5.74) is 2.13. The number of thiazole rings is 1. The highest BCUT2D eigenvalue weighted by atomic mass is 32.1. The van der Waals surface area contributed by atoms with Crippen molar-refractivity contribution >= 4 is 22.5 Å². The number of aromatic nitrogens is 1. The average Bonchev–Trinajstić information content (AvgIpc) is 2.99. The predicted molar refractivity (Wildman–Crippen MR) is 76.4 cm³/mol. The molecule has 0 N–H and O–H groups in total. The Labute approximate surface area is 116 Å². The number of hydrogen-bond acceptors (Lipinski definition) is 3. The zero-order valence-electron chi connectivity index (χ0n) is 10.7. The van der Waals surface area contributed by atoms with Gasteiger partial charge in [0.1, 0.15) is 0 Å². The van der Waals surface area contributed by atoms with Crippen molar-refractivity contribution in [1.29, 1.82) is 0 Å². The van der Waals surface area contributed by atoms with Gasteiger partial charge in [-0.2, -0.15) is 0 Å². The van der Waals surface area contributed by atoms with Crippen LogP contribution in [0.15, 0.2) is 35.7 Å². The topological polar surface area (TPSA) is 36.4 Å². The number of anilines is 1. The number of rotatable bonds is 3. The van der Waals surface area contributed by atoms with Gasteiger partial charge in [-0.25, -0.2) is 9.78 Å². The molecule has 4 nitrogen and oxygen atoms in total. The molecule has 1 aliphatic heterocycles. The van der Waals surface area contributed by atoms with Crippen LogP contribution >= 0.6 is 11.3 Å². The second-order valence-corrected chi connectivity index (χ2v) is 5.45. The highest BCUT2D eigenvalue weighted by molar-refractivity contribution is 7.14. The van der Waals surface area contributed by atoms with Gasteiger partial charge in [-0.3, -0.25) is 4.90 Å². The fraction of sp³-hybridized carbons (Fsp3) is 0.286. The summed E-state index contributed by atoms with van der Waals surface area (Å²) >= 11 is 1.53. The van der Waals surface area contributed by atoms with E-state index in [0.717, 1.165) is 29.5 Å². The van der Waals surface area contributed by atoms with E-state index in [0.29, 0.717) is 6.54 Å². The largest absolute Gasteiger partial charge is 0.326 e. The zero-order valence-corrected chi connectivity index (χ0v) is 11.6. The fourth-order valence-electron chi connectivity index (χ4n) is 2.18. The Morgan fingerprint density at radius 2 is 2.05 bits per heavy atom. The molecule has 2 aromatic rings. The number of aryl methyl sites for hydroxylation is 1. The van der Waals surface area contributed by atoms with Gasteiger partial charge in [0.05, 0.1) is 5.69 Å². The maximum absolute atomic E-state index is 12.3. The van der Waals surface area contributed by atoms with E-state index in [-0.39, 0.29) is 6.03 Å². The van der Waals surface area contributed by atoms with E-state index in [2.05, 4.69) is 4.98 Å². The first-order valence-electron chi connectivity index (χ1n) is 6.26. The monoisotopic (exact) mass is 273 g/mol. The molecule has 3 rings (SSSR count). The summed E-state index contributed by atoms with van der Waals surface area (Å²) in [6.45, 7) is 4.09. The van der Waals surface area contributed by atoms with Gasteiger partial charge in [0.2, 0.25) is 0 Å². The van der Waals surface area contributed by atoms with Crippen LogP contribution in [0.1, 0.15) is 11.3 Å². The van der Waals surface area contributed by atoms with Crippen LogP contribution in [-0.4, -0.2) is 29.0 Å². The van der Waals surface area contributed by atoms with Crippen LogP contribution in [0.4, 0.5) is 9.93 Å². The molecule has 19 heavy (non-hydrogen) atoms. The SMILES string of the molecule is Cc1csc(N2CCN(Cc3ccccc3)C2=O)n1. The normalized spacial score (nSPS) is 15.3. The fourth-order valence-corrected chi connectivity index (χ4v) is 3.00. The van der Waals surface area contributed by atoms with Crippen molar-refractivity contribution in [2.75, 3.05) is 18.0 Å². The standard InChI is InChI=1S/C14H15N3OS/c1-11-10-19-13(15-11)17-8-7-16(14(17)18)9-12-5-3-2-4-6-12/h2-6,10H,7-9H2,1H3. The van der Waals surface area contributed by atoms with Gasteiger partial charge in [-0.05, 0) is 12.5 Å². The Bertz CT molecular complexity index is 581. The molecule has 2 heterocycles. The van der Waals surface area contributed by atoms with Crippen molar-refractivity contribution < 1.29 is 4.79 Å². The molecule has 0 saturated carbocycles. The first-order valence-corrected chi connectivity index (χ1v) is 7.14. The third kappa shape index (κ3) is 2.46. The first-order chi connectivity index (χ1) is 9.24. The lowest BCUT2D eigenvalue weighted by molar-refractivity contribution is 0.219. The van der Waals surface area contributed by atoms with E-state index in [1.807, 2.05) is 47.5 Å². The summed E-state index contributed by atoms with van der Waals surface area (Å²) in [5.74, 6) is 0. The van der Waals surface area contributed by atoms with Gasteiger partial charge in [0, 0.05) is 25.0 Å². The average molecular weight is 273 g/mol. The Balaban J connectivity index is 1.72. The van der Waals surface area contributed by atoms with Crippen molar-refractivity contribution in [3.8, 4) is 0 Å². The van der Waals surface area contributed by atoms with Gasteiger partial charge in [0.15, 0.2) is 5.13 Å². The third-order valence-electron chi connectivity index (χ3n) is 3.15. The molecular weight excluding hydrogens is 258 g/mol. The highest BCUT2D eigenvalue weighted by Gasteiger charge is 2.30. The Morgan fingerprint density at radius 1 is 1.26 bits per heavy atom. The van der Waals surface area contributed by atoms with Gasteiger partial charge in [-0.1, -0.05) is 30.3 Å². The molecule has 5 heteroatoms. The summed E-state index contributed by atoms with van der Waals surface area (Å²) < 4.78 is 0. The van der Waals surface area contributed by atoms with Crippen LogP contribution in [0.2, 0.25) is 0 Å². The lowest BCUT2D eigenvalue weighted by atomic mass is 10.2. The number of benzene rings is 1. The molecule has 0 aliphatic carbocycles. The van der Waals surface area contributed by atoms with E-state index in [1.165, 1.54) is 11.3 Å². The van der Waals surface area contributed by atoms with Crippen molar-refractivity contribution in [3.05, 3.63) is 47.0 Å². The molecule has 0 atom stereocenters. The Kier molecular flexibility index (Phi) is 3.21. The van der Waals surface area contributed by atoms with E-state index in [4.69, 9.17) is 0 Å². The predicted octanol–water partition coefficient (Wildman–Crippen LogP) is 2.89. The molecule has 0 spiro atoms. The molecule has 98 valence electrons. The van der Waals surface area contributed by atoms with Gasteiger partial charge >= 0.3 is 6.03 Å². The maximum atomic E-state index is 12.3. The van der Waals surface area contributed by atoms with E-state index in [9.17, 15) is 4.79 Å². The van der Waals surface area contributed by atoms with E-state index >= 15 is 0 Å². The number of carbonyl (C=O) groups excluding carboxylic acids is 1. The van der Waals surface area contributed by atoms with Crippen molar-refractivity contribution in [3.63, 3.8) is 0 Å². The molecule has 1 aromatic carbocycles. The summed E-state index contributed by atoms with van der Waals surface area (Å²) in [6, 6.07) is 10.1. The summed E-state index contributed by atoms with van der Waals surface area (Å²) in [5, 5.41) is 2.78. The third-order valence-corrected chi connectivity index (χ3v) is 4.13. The van der Waals surface area contributed by atoms with Gasteiger partial charge < -0.3 is 4.90 Å². The molecule has 0 radical (unpaired) electrons. The van der Waals surface area contributed by atoms with E-state index < -0.39 is 0 Å². The molecule has 0 unspecified atom stereocenters. The highest BCUT2D eigenvalue weighted by Crippen LogP contribution is 2.25. The molecule has 0 bridgehead atoms. The van der Waals surface area contributed by atoms with Crippen molar-refractivity contribution in [2.24, 2.45) is 0 Å². The second-order valence-electron chi connectivity index (χ2n) is 4.61. The van der Waals surface area contributed by atoms with Crippen molar-refractivity contribution in [1.82, 2.24) is 9.88 Å². The molecule has 2 amide bonds. The van der Waals surface area contributed by atoms with Crippen LogP contribution in [0.5, 0.6) is 0 Å².